The zero-order valence-electron chi connectivity index (χ0n) is 9.53. The number of nitrogens with zero attached hydrogens (tertiary/aromatic N) is 2. The van der Waals surface area contributed by atoms with E-state index < -0.39 is 0 Å². The Morgan fingerprint density at radius 2 is 2.19 bits per heavy atom. The van der Waals surface area contributed by atoms with Crippen LogP contribution in [-0.4, -0.2) is 16.1 Å². The molecule has 2 rings (SSSR count). The lowest BCUT2D eigenvalue weighted by molar-refractivity contribution is -0.119. The topological polar surface area (TPSA) is 54.9 Å². The third-order valence-corrected chi connectivity index (χ3v) is 3.79. The molecular weight excluding hydrogens is 222 g/mol. The van der Waals surface area contributed by atoms with E-state index in [0.29, 0.717) is 5.13 Å². The fraction of sp³-hybridized carbons (Fsp3) is 0.727. The highest BCUT2D eigenvalue weighted by atomic mass is 32.1. The summed E-state index contributed by atoms with van der Waals surface area (Å²) in [7, 11) is 0. The molecule has 1 heterocycles. The van der Waals surface area contributed by atoms with Crippen LogP contribution in [0.25, 0.3) is 0 Å². The quantitative estimate of drug-likeness (QED) is 0.878. The number of amides is 1. The fourth-order valence-corrected chi connectivity index (χ4v) is 2.86. The molecule has 1 aliphatic rings. The first-order valence-electron chi connectivity index (χ1n) is 5.93. The standard InChI is InChI=1S/C11H17N3OS/c1-2-5-9-13-14-11(16-9)12-10(15)8-6-3-4-7-8/h8H,2-7H2,1H3,(H,12,14,15). The van der Waals surface area contributed by atoms with Gasteiger partial charge in [0, 0.05) is 12.3 Å². The predicted molar refractivity (Wildman–Crippen MR) is 64.5 cm³/mol. The van der Waals surface area contributed by atoms with Crippen molar-refractivity contribution in [3.8, 4) is 0 Å². The van der Waals surface area contributed by atoms with Crippen molar-refractivity contribution >= 4 is 22.4 Å². The van der Waals surface area contributed by atoms with E-state index in [1.54, 1.807) is 0 Å². The highest BCUT2D eigenvalue weighted by Gasteiger charge is 2.23. The van der Waals surface area contributed by atoms with Crippen LogP contribution in [0, 0.1) is 5.92 Å². The van der Waals surface area contributed by atoms with Crippen LogP contribution in [0.2, 0.25) is 0 Å². The lowest BCUT2D eigenvalue weighted by Crippen LogP contribution is -2.20. The SMILES string of the molecule is CCCc1nnc(NC(=O)C2CCCC2)s1. The molecule has 0 radical (unpaired) electrons. The molecule has 1 aromatic heterocycles. The second-order valence-electron chi connectivity index (χ2n) is 4.22. The van der Waals surface area contributed by atoms with Gasteiger partial charge in [-0.2, -0.15) is 0 Å². The van der Waals surface area contributed by atoms with Crippen LogP contribution in [0.4, 0.5) is 5.13 Å². The average Bonchev–Trinajstić information content (AvgIpc) is 2.89. The van der Waals surface area contributed by atoms with Gasteiger partial charge in [0.25, 0.3) is 0 Å². The van der Waals surface area contributed by atoms with Crippen molar-refractivity contribution in [3.63, 3.8) is 0 Å². The number of anilines is 1. The molecule has 0 saturated heterocycles. The summed E-state index contributed by atoms with van der Waals surface area (Å²) in [4.78, 5) is 11.8. The Labute approximate surface area is 99.5 Å². The third kappa shape index (κ3) is 2.78. The Morgan fingerprint density at radius 1 is 1.44 bits per heavy atom. The first-order chi connectivity index (χ1) is 7.79. The van der Waals surface area contributed by atoms with E-state index in [4.69, 9.17) is 0 Å². The number of rotatable bonds is 4. The zero-order chi connectivity index (χ0) is 11.4. The summed E-state index contributed by atoms with van der Waals surface area (Å²) in [6, 6.07) is 0. The number of carbonyl (C=O) groups is 1. The molecule has 88 valence electrons. The second-order valence-corrected chi connectivity index (χ2v) is 5.28. The van der Waals surface area contributed by atoms with Crippen LogP contribution < -0.4 is 5.32 Å². The lowest BCUT2D eigenvalue weighted by Gasteiger charge is -2.06. The smallest absolute Gasteiger partial charge is 0.229 e. The van der Waals surface area contributed by atoms with E-state index in [1.165, 1.54) is 24.2 Å². The van der Waals surface area contributed by atoms with Gasteiger partial charge in [0.15, 0.2) is 0 Å². The average molecular weight is 239 g/mol. The van der Waals surface area contributed by atoms with Crippen molar-refractivity contribution in [2.24, 2.45) is 5.92 Å². The molecule has 5 heteroatoms. The van der Waals surface area contributed by atoms with E-state index in [1.807, 2.05) is 0 Å². The minimum absolute atomic E-state index is 0.122. The van der Waals surface area contributed by atoms with Crippen LogP contribution in [0.1, 0.15) is 44.0 Å². The van der Waals surface area contributed by atoms with Gasteiger partial charge in [0.1, 0.15) is 5.01 Å². The highest BCUT2D eigenvalue weighted by molar-refractivity contribution is 7.15. The molecule has 0 atom stereocenters. The second kappa shape index (κ2) is 5.39. The maximum absolute atomic E-state index is 11.8. The molecule has 4 nitrogen and oxygen atoms in total. The molecule has 1 aliphatic carbocycles. The van der Waals surface area contributed by atoms with Gasteiger partial charge < -0.3 is 5.32 Å². The molecule has 1 saturated carbocycles. The summed E-state index contributed by atoms with van der Waals surface area (Å²) in [5.41, 5.74) is 0. The molecule has 1 amide bonds. The lowest BCUT2D eigenvalue weighted by atomic mass is 10.1. The van der Waals surface area contributed by atoms with Gasteiger partial charge in [-0.3, -0.25) is 4.79 Å². The molecule has 1 fully saturated rings. The van der Waals surface area contributed by atoms with Crippen LogP contribution in [-0.2, 0) is 11.2 Å². The van der Waals surface area contributed by atoms with Gasteiger partial charge in [-0.25, -0.2) is 0 Å². The minimum Gasteiger partial charge on any atom is -0.300 e. The molecule has 1 aromatic rings. The fourth-order valence-electron chi connectivity index (χ4n) is 2.01. The number of hydrogen-bond donors (Lipinski definition) is 1. The predicted octanol–water partition coefficient (Wildman–Crippen LogP) is 2.62. The summed E-state index contributed by atoms with van der Waals surface area (Å²) >= 11 is 1.49. The van der Waals surface area contributed by atoms with E-state index >= 15 is 0 Å². The van der Waals surface area contributed by atoms with Crippen molar-refractivity contribution in [2.45, 2.75) is 45.4 Å². The Kier molecular flexibility index (Phi) is 3.88. The van der Waals surface area contributed by atoms with Gasteiger partial charge in [0.05, 0.1) is 0 Å². The van der Waals surface area contributed by atoms with Crippen molar-refractivity contribution in [1.82, 2.24) is 10.2 Å². The maximum atomic E-state index is 11.8. The van der Waals surface area contributed by atoms with Gasteiger partial charge in [-0.15, -0.1) is 10.2 Å². The molecule has 0 spiro atoms. The summed E-state index contributed by atoms with van der Waals surface area (Å²) in [5, 5.41) is 12.5. The van der Waals surface area contributed by atoms with Crippen LogP contribution in [0.5, 0.6) is 0 Å². The van der Waals surface area contributed by atoms with E-state index in [2.05, 4.69) is 22.4 Å². The normalized spacial score (nSPS) is 16.6. The summed E-state index contributed by atoms with van der Waals surface area (Å²) < 4.78 is 0. The number of aromatic nitrogens is 2. The molecular formula is C11H17N3OS. The largest absolute Gasteiger partial charge is 0.300 e. The summed E-state index contributed by atoms with van der Waals surface area (Å²) in [6.07, 6.45) is 6.39. The van der Waals surface area contributed by atoms with Crippen LogP contribution >= 0.6 is 11.3 Å². The first-order valence-corrected chi connectivity index (χ1v) is 6.74. The van der Waals surface area contributed by atoms with E-state index in [-0.39, 0.29) is 11.8 Å². The van der Waals surface area contributed by atoms with Crippen molar-refractivity contribution in [2.75, 3.05) is 5.32 Å². The third-order valence-electron chi connectivity index (χ3n) is 2.89. The van der Waals surface area contributed by atoms with Crippen LogP contribution in [0.3, 0.4) is 0 Å². The summed E-state index contributed by atoms with van der Waals surface area (Å²) in [5.74, 6) is 0.315. The Morgan fingerprint density at radius 3 is 2.88 bits per heavy atom. The monoisotopic (exact) mass is 239 g/mol. The van der Waals surface area contributed by atoms with Gasteiger partial charge in [-0.1, -0.05) is 31.1 Å². The molecule has 0 aliphatic heterocycles. The first kappa shape index (κ1) is 11.5. The maximum Gasteiger partial charge on any atom is 0.229 e. The molecule has 0 bridgehead atoms. The molecule has 0 unspecified atom stereocenters. The summed E-state index contributed by atoms with van der Waals surface area (Å²) in [6.45, 7) is 2.11. The van der Waals surface area contributed by atoms with Crippen molar-refractivity contribution in [1.29, 1.82) is 0 Å². The number of nitrogens with one attached hydrogen (secondary N) is 1. The molecule has 16 heavy (non-hydrogen) atoms. The Hall–Kier alpha value is -0.970. The number of aryl methyl sites for hydroxylation is 1. The molecule has 0 aromatic carbocycles. The van der Waals surface area contributed by atoms with Crippen molar-refractivity contribution in [3.05, 3.63) is 5.01 Å². The van der Waals surface area contributed by atoms with Gasteiger partial charge in [0.2, 0.25) is 11.0 Å². The van der Waals surface area contributed by atoms with Gasteiger partial charge >= 0.3 is 0 Å². The molecule has 1 N–H and O–H groups in total. The van der Waals surface area contributed by atoms with Crippen LogP contribution in [0.15, 0.2) is 0 Å². The van der Waals surface area contributed by atoms with E-state index in [9.17, 15) is 4.79 Å². The Balaban J connectivity index is 1.89. The van der Waals surface area contributed by atoms with Gasteiger partial charge in [-0.05, 0) is 19.3 Å². The minimum atomic E-state index is 0.122. The number of hydrogen-bond acceptors (Lipinski definition) is 4. The number of carbonyl (C=O) groups excluding carboxylic acids is 1. The Bertz CT molecular complexity index is 358. The van der Waals surface area contributed by atoms with E-state index in [0.717, 1.165) is 30.7 Å². The highest BCUT2D eigenvalue weighted by Crippen LogP contribution is 2.26. The van der Waals surface area contributed by atoms with Crippen molar-refractivity contribution < 1.29 is 4.79 Å². The zero-order valence-corrected chi connectivity index (χ0v) is 10.3.